The van der Waals surface area contributed by atoms with Crippen LogP contribution in [0.2, 0.25) is 0 Å². The number of fused-ring (bicyclic) bond motifs is 1. The summed E-state index contributed by atoms with van der Waals surface area (Å²) in [5, 5.41) is 5.75. The van der Waals surface area contributed by atoms with E-state index in [2.05, 4.69) is 20.6 Å². The molecule has 0 aromatic carbocycles. The van der Waals surface area contributed by atoms with Gasteiger partial charge < -0.3 is 15.5 Å². The first kappa shape index (κ1) is 15.0. The molecule has 0 bridgehead atoms. The monoisotopic (exact) mass is 311 g/mol. The highest BCUT2D eigenvalue weighted by Crippen LogP contribution is 2.26. The molecular weight excluding hydrogens is 294 g/mol. The van der Waals surface area contributed by atoms with Gasteiger partial charge in [0.15, 0.2) is 0 Å². The zero-order valence-corrected chi connectivity index (χ0v) is 13.0. The van der Waals surface area contributed by atoms with E-state index in [0.717, 1.165) is 11.3 Å². The molecule has 0 aliphatic carbocycles. The normalized spacial score (nSPS) is 13.3. The van der Waals surface area contributed by atoms with Crippen LogP contribution in [0.1, 0.15) is 21.6 Å². The molecule has 23 heavy (non-hydrogen) atoms. The molecule has 2 aromatic rings. The Morgan fingerprint density at radius 1 is 1.43 bits per heavy atom. The fraction of sp³-hybridized carbons (Fsp3) is 0.250. The molecule has 0 saturated heterocycles. The summed E-state index contributed by atoms with van der Waals surface area (Å²) in [6.45, 7) is 2.50. The lowest BCUT2D eigenvalue weighted by Crippen LogP contribution is -2.37. The summed E-state index contributed by atoms with van der Waals surface area (Å²) in [4.78, 5) is 34.0. The number of amides is 2. The number of aromatic nitrogens is 2. The summed E-state index contributed by atoms with van der Waals surface area (Å²) in [5.41, 5.74) is 2.84. The highest BCUT2D eigenvalue weighted by Gasteiger charge is 2.22. The minimum absolute atomic E-state index is 0.0685. The van der Waals surface area contributed by atoms with Crippen molar-refractivity contribution in [3.8, 4) is 0 Å². The van der Waals surface area contributed by atoms with Gasteiger partial charge >= 0.3 is 0 Å². The van der Waals surface area contributed by atoms with Gasteiger partial charge in [0.2, 0.25) is 5.91 Å². The fourth-order valence-corrected chi connectivity index (χ4v) is 2.35. The van der Waals surface area contributed by atoms with E-state index >= 15 is 0 Å². The molecule has 0 atom stereocenters. The molecule has 0 radical (unpaired) electrons. The third kappa shape index (κ3) is 2.98. The van der Waals surface area contributed by atoms with Gasteiger partial charge in [0.1, 0.15) is 5.82 Å². The van der Waals surface area contributed by atoms with Crippen molar-refractivity contribution >= 4 is 23.3 Å². The predicted molar refractivity (Wildman–Crippen MR) is 86.3 cm³/mol. The number of hydrogen-bond acceptors (Lipinski definition) is 5. The molecule has 3 rings (SSSR count). The fourth-order valence-electron chi connectivity index (χ4n) is 2.35. The average molecular weight is 311 g/mol. The maximum Gasteiger partial charge on any atom is 0.253 e. The van der Waals surface area contributed by atoms with Crippen molar-refractivity contribution in [1.82, 2.24) is 15.3 Å². The van der Waals surface area contributed by atoms with Gasteiger partial charge in [-0.2, -0.15) is 0 Å². The van der Waals surface area contributed by atoms with Crippen LogP contribution in [-0.2, 0) is 11.3 Å². The van der Waals surface area contributed by atoms with Crippen molar-refractivity contribution in [2.24, 2.45) is 0 Å². The molecule has 2 aromatic heterocycles. The molecule has 7 nitrogen and oxygen atoms in total. The summed E-state index contributed by atoms with van der Waals surface area (Å²) in [6.07, 6.45) is 3.19. The minimum atomic E-state index is -0.253. The van der Waals surface area contributed by atoms with Crippen molar-refractivity contribution in [1.29, 1.82) is 0 Å². The Balaban J connectivity index is 1.76. The van der Waals surface area contributed by atoms with E-state index in [9.17, 15) is 9.59 Å². The molecule has 118 valence electrons. The molecule has 0 spiro atoms. The lowest BCUT2D eigenvalue weighted by atomic mass is 10.2. The molecule has 0 saturated carbocycles. The zero-order valence-electron chi connectivity index (χ0n) is 13.0. The third-order valence-corrected chi connectivity index (χ3v) is 3.81. The first-order valence-corrected chi connectivity index (χ1v) is 7.25. The highest BCUT2D eigenvalue weighted by molar-refractivity contribution is 6.03. The van der Waals surface area contributed by atoms with Crippen molar-refractivity contribution in [3.05, 3.63) is 47.4 Å². The second-order valence-electron chi connectivity index (χ2n) is 5.35. The van der Waals surface area contributed by atoms with Gasteiger partial charge in [-0.05, 0) is 24.6 Å². The van der Waals surface area contributed by atoms with E-state index in [1.54, 1.807) is 19.3 Å². The molecule has 2 N–H and O–H groups in total. The largest absolute Gasteiger partial charge is 0.359 e. The van der Waals surface area contributed by atoms with Crippen molar-refractivity contribution < 1.29 is 9.59 Å². The number of aryl methyl sites for hydroxylation is 1. The van der Waals surface area contributed by atoms with Crippen molar-refractivity contribution in [2.45, 2.75) is 13.5 Å². The molecule has 2 amide bonds. The second-order valence-corrected chi connectivity index (χ2v) is 5.35. The maximum atomic E-state index is 12.3. The summed E-state index contributed by atoms with van der Waals surface area (Å²) >= 11 is 0. The van der Waals surface area contributed by atoms with Gasteiger partial charge in [0.05, 0.1) is 30.0 Å². The molecule has 7 heteroatoms. The Morgan fingerprint density at radius 2 is 2.26 bits per heavy atom. The zero-order chi connectivity index (χ0) is 16.4. The smallest absolute Gasteiger partial charge is 0.253 e. The minimum Gasteiger partial charge on any atom is -0.359 e. The van der Waals surface area contributed by atoms with Crippen LogP contribution < -0.4 is 15.5 Å². The van der Waals surface area contributed by atoms with Crippen molar-refractivity contribution in [3.63, 3.8) is 0 Å². The Bertz CT molecular complexity index is 775. The van der Waals surface area contributed by atoms with Gasteiger partial charge in [0, 0.05) is 19.4 Å². The number of nitrogens with zero attached hydrogens (tertiary/aromatic N) is 3. The van der Waals surface area contributed by atoms with E-state index in [-0.39, 0.29) is 18.4 Å². The topological polar surface area (TPSA) is 87.2 Å². The summed E-state index contributed by atoms with van der Waals surface area (Å²) in [7, 11) is 1.67. The van der Waals surface area contributed by atoms with Crippen LogP contribution in [0.5, 0.6) is 0 Å². The van der Waals surface area contributed by atoms with Crippen LogP contribution >= 0.6 is 0 Å². The molecular formula is C16H17N5O2. The predicted octanol–water partition coefficient (Wildman–Crippen LogP) is 1.10. The highest BCUT2D eigenvalue weighted by atomic mass is 16.2. The van der Waals surface area contributed by atoms with Gasteiger partial charge in [-0.1, -0.05) is 6.07 Å². The van der Waals surface area contributed by atoms with E-state index in [0.29, 0.717) is 23.6 Å². The standard InChI is InChI=1S/C16H17N5O2/c1-10-4-3-5-17-12(10)8-20-16(23)11-6-13-15(18-7-11)19-9-14(22)21(13)2/h3-7H,8-9H2,1-2H3,(H,18,19)(H,20,23). The van der Waals surface area contributed by atoms with Gasteiger partial charge in [0.25, 0.3) is 5.91 Å². The van der Waals surface area contributed by atoms with E-state index in [1.807, 2.05) is 19.1 Å². The summed E-state index contributed by atoms with van der Waals surface area (Å²) in [5.74, 6) is 0.280. The summed E-state index contributed by atoms with van der Waals surface area (Å²) in [6, 6.07) is 5.46. The second kappa shape index (κ2) is 6.04. The van der Waals surface area contributed by atoms with Gasteiger partial charge in [-0.3, -0.25) is 14.6 Å². The quantitative estimate of drug-likeness (QED) is 0.886. The van der Waals surface area contributed by atoms with Gasteiger partial charge in [-0.15, -0.1) is 0 Å². The first-order chi connectivity index (χ1) is 11.1. The molecule has 1 aliphatic heterocycles. The number of carbonyl (C=O) groups is 2. The number of nitrogens with one attached hydrogen (secondary N) is 2. The number of likely N-dealkylation sites (N-methyl/N-ethyl adjacent to an activating group) is 1. The maximum absolute atomic E-state index is 12.3. The lowest BCUT2D eigenvalue weighted by molar-refractivity contribution is -0.116. The Labute approximate surface area is 133 Å². The number of rotatable bonds is 3. The number of pyridine rings is 2. The molecule has 3 heterocycles. The molecule has 0 fully saturated rings. The Hall–Kier alpha value is -2.96. The van der Waals surface area contributed by atoms with Crippen LogP contribution in [0, 0.1) is 6.92 Å². The SMILES string of the molecule is Cc1cccnc1CNC(=O)c1cnc2c(c1)N(C)C(=O)CN2. The van der Waals surface area contributed by atoms with Gasteiger partial charge in [-0.25, -0.2) is 4.98 Å². The number of hydrogen-bond donors (Lipinski definition) is 2. The number of anilines is 2. The third-order valence-electron chi connectivity index (χ3n) is 3.81. The number of carbonyl (C=O) groups excluding carboxylic acids is 2. The van der Waals surface area contributed by atoms with Crippen LogP contribution in [0.3, 0.4) is 0 Å². The van der Waals surface area contributed by atoms with Crippen molar-refractivity contribution in [2.75, 3.05) is 23.8 Å². The Kier molecular flexibility index (Phi) is 3.92. The molecule has 0 unspecified atom stereocenters. The van der Waals surface area contributed by atoms with Crippen LogP contribution in [-0.4, -0.2) is 35.4 Å². The summed E-state index contributed by atoms with van der Waals surface area (Å²) < 4.78 is 0. The van der Waals surface area contributed by atoms with Crippen LogP contribution in [0.15, 0.2) is 30.6 Å². The van der Waals surface area contributed by atoms with Crippen LogP contribution in [0.4, 0.5) is 11.5 Å². The average Bonchev–Trinajstić information content (AvgIpc) is 2.57. The Morgan fingerprint density at radius 3 is 3.04 bits per heavy atom. The van der Waals surface area contributed by atoms with E-state index < -0.39 is 0 Å². The molecule has 1 aliphatic rings. The first-order valence-electron chi connectivity index (χ1n) is 7.25. The van der Waals surface area contributed by atoms with Crippen LogP contribution in [0.25, 0.3) is 0 Å². The van der Waals surface area contributed by atoms with E-state index in [1.165, 1.54) is 11.1 Å². The van der Waals surface area contributed by atoms with E-state index in [4.69, 9.17) is 0 Å². The lowest BCUT2D eigenvalue weighted by Gasteiger charge is -2.26.